The number of nitrogens with one attached hydrogen (secondary N) is 1. The highest BCUT2D eigenvalue weighted by molar-refractivity contribution is 6.33. The molecular formula is C12H10ClNO5. The number of aliphatic carboxylic acids is 1. The molecule has 0 bridgehead atoms. The summed E-state index contributed by atoms with van der Waals surface area (Å²) in [7, 11) is 0. The van der Waals surface area contributed by atoms with Gasteiger partial charge in [-0.3, -0.25) is 9.59 Å². The highest BCUT2D eigenvalue weighted by Crippen LogP contribution is 2.39. The fourth-order valence-electron chi connectivity index (χ4n) is 1.76. The summed E-state index contributed by atoms with van der Waals surface area (Å²) in [5.74, 6) is -3.82. The Kier molecular flexibility index (Phi) is 3.44. The molecule has 3 N–H and O–H groups in total. The fraction of sp³-hybridized carbons (Fsp3) is 0.250. The lowest BCUT2D eigenvalue weighted by Gasteiger charge is -2.06. The Hall–Kier alpha value is -2.08. The quantitative estimate of drug-likeness (QED) is 0.780. The van der Waals surface area contributed by atoms with Crippen LogP contribution in [0, 0.1) is 11.8 Å². The Balaban J connectivity index is 2.08. The van der Waals surface area contributed by atoms with Crippen molar-refractivity contribution in [3.05, 3.63) is 28.8 Å². The lowest BCUT2D eigenvalue weighted by atomic mass is 10.2. The van der Waals surface area contributed by atoms with Crippen LogP contribution in [0.25, 0.3) is 0 Å². The van der Waals surface area contributed by atoms with Gasteiger partial charge in [-0.15, -0.1) is 0 Å². The van der Waals surface area contributed by atoms with Crippen LogP contribution >= 0.6 is 11.6 Å². The fourth-order valence-corrected chi connectivity index (χ4v) is 1.96. The van der Waals surface area contributed by atoms with Crippen LogP contribution in [0.5, 0.6) is 0 Å². The number of halogens is 1. The van der Waals surface area contributed by atoms with E-state index in [2.05, 4.69) is 5.32 Å². The molecule has 19 heavy (non-hydrogen) atoms. The molecule has 7 heteroatoms. The second kappa shape index (κ2) is 4.89. The first-order chi connectivity index (χ1) is 8.90. The van der Waals surface area contributed by atoms with Crippen molar-refractivity contribution in [1.29, 1.82) is 0 Å². The van der Waals surface area contributed by atoms with Gasteiger partial charge in [-0.2, -0.15) is 0 Å². The molecule has 1 saturated carbocycles. The number of carbonyl (C=O) groups is 3. The summed E-state index contributed by atoms with van der Waals surface area (Å²) in [6.45, 7) is 0. The molecule has 2 unspecified atom stereocenters. The van der Waals surface area contributed by atoms with Gasteiger partial charge in [0.1, 0.15) is 0 Å². The number of carbonyl (C=O) groups excluding carboxylic acids is 1. The van der Waals surface area contributed by atoms with Gasteiger partial charge >= 0.3 is 11.9 Å². The third-order valence-corrected chi connectivity index (χ3v) is 3.24. The van der Waals surface area contributed by atoms with Gasteiger partial charge in [-0.05, 0) is 24.6 Å². The van der Waals surface area contributed by atoms with Crippen LogP contribution in [0.15, 0.2) is 18.2 Å². The number of rotatable bonds is 4. The molecule has 1 amide bonds. The molecular weight excluding hydrogens is 274 g/mol. The Morgan fingerprint density at radius 2 is 1.89 bits per heavy atom. The summed E-state index contributed by atoms with van der Waals surface area (Å²) in [5.41, 5.74) is 0.160. The number of hydrogen-bond acceptors (Lipinski definition) is 3. The molecule has 0 radical (unpaired) electrons. The third kappa shape index (κ3) is 2.85. The van der Waals surface area contributed by atoms with E-state index in [4.69, 9.17) is 21.8 Å². The van der Waals surface area contributed by atoms with Gasteiger partial charge in [0.2, 0.25) is 5.91 Å². The van der Waals surface area contributed by atoms with Crippen LogP contribution in [0.1, 0.15) is 16.8 Å². The van der Waals surface area contributed by atoms with Crippen molar-refractivity contribution in [2.24, 2.45) is 11.8 Å². The summed E-state index contributed by atoms with van der Waals surface area (Å²) in [5, 5.41) is 20.2. The smallest absolute Gasteiger partial charge is 0.337 e. The van der Waals surface area contributed by atoms with E-state index in [1.165, 1.54) is 18.2 Å². The first-order valence-corrected chi connectivity index (χ1v) is 5.84. The standard InChI is InChI=1S/C12H10ClNO5/c13-9-2-1-5(3-8(9)12(18)19)14-10(15)6-4-7(6)11(16)17/h1-3,6-7H,4H2,(H,14,15)(H,16,17)(H,18,19). The van der Waals surface area contributed by atoms with E-state index < -0.39 is 29.7 Å². The Labute approximate surface area is 113 Å². The summed E-state index contributed by atoms with van der Waals surface area (Å²) < 4.78 is 0. The van der Waals surface area contributed by atoms with Gasteiger partial charge in [0, 0.05) is 5.69 Å². The minimum absolute atomic E-state index is 0.0698. The van der Waals surface area contributed by atoms with E-state index in [9.17, 15) is 14.4 Å². The van der Waals surface area contributed by atoms with Crippen LogP contribution in [0.3, 0.4) is 0 Å². The minimum atomic E-state index is -1.20. The number of hydrogen-bond donors (Lipinski definition) is 3. The topological polar surface area (TPSA) is 104 Å². The van der Waals surface area contributed by atoms with Crippen molar-refractivity contribution in [3.8, 4) is 0 Å². The first-order valence-electron chi connectivity index (χ1n) is 5.46. The molecule has 1 aliphatic rings. The van der Waals surface area contributed by atoms with Crippen LogP contribution < -0.4 is 5.32 Å². The Bertz CT molecular complexity index is 571. The number of carboxylic acid groups (broad SMARTS) is 2. The Morgan fingerprint density at radius 3 is 2.42 bits per heavy atom. The molecule has 0 aromatic heterocycles. The number of anilines is 1. The van der Waals surface area contributed by atoms with Crippen LogP contribution in [0.4, 0.5) is 5.69 Å². The first kappa shape index (κ1) is 13.4. The molecule has 1 aromatic carbocycles. The Morgan fingerprint density at radius 1 is 1.21 bits per heavy atom. The van der Waals surface area contributed by atoms with E-state index >= 15 is 0 Å². The molecule has 2 atom stereocenters. The number of aromatic carboxylic acids is 1. The van der Waals surface area contributed by atoms with Gasteiger partial charge in [0.15, 0.2) is 0 Å². The predicted octanol–water partition coefficient (Wildman–Crippen LogP) is 1.70. The van der Waals surface area contributed by atoms with Crippen molar-refractivity contribution in [3.63, 3.8) is 0 Å². The molecule has 0 heterocycles. The second-order valence-electron chi connectivity index (χ2n) is 4.28. The number of benzene rings is 1. The molecule has 0 aliphatic heterocycles. The summed E-state index contributed by atoms with van der Waals surface area (Å²) in [6.07, 6.45) is 0.306. The van der Waals surface area contributed by atoms with Gasteiger partial charge in [-0.25, -0.2) is 4.79 Å². The maximum absolute atomic E-state index is 11.7. The highest BCUT2D eigenvalue weighted by Gasteiger charge is 2.48. The summed E-state index contributed by atoms with van der Waals surface area (Å²) in [4.78, 5) is 33.2. The van der Waals surface area contributed by atoms with E-state index in [1.807, 2.05) is 0 Å². The lowest BCUT2D eigenvalue weighted by Crippen LogP contribution is -2.17. The molecule has 0 spiro atoms. The van der Waals surface area contributed by atoms with E-state index in [1.54, 1.807) is 0 Å². The predicted molar refractivity (Wildman–Crippen MR) is 66.3 cm³/mol. The molecule has 0 saturated heterocycles. The van der Waals surface area contributed by atoms with Crippen LogP contribution in [-0.2, 0) is 9.59 Å². The maximum atomic E-state index is 11.7. The highest BCUT2D eigenvalue weighted by atomic mass is 35.5. The van der Waals surface area contributed by atoms with Crippen molar-refractivity contribution in [2.75, 3.05) is 5.32 Å². The maximum Gasteiger partial charge on any atom is 0.337 e. The van der Waals surface area contributed by atoms with Crippen molar-refractivity contribution in [1.82, 2.24) is 0 Å². The van der Waals surface area contributed by atoms with E-state index in [0.29, 0.717) is 6.42 Å². The molecule has 1 fully saturated rings. The average molecular weight is 284 g/mol. The zero-order chi connectivity index (χ0) is 14.2. The van der Waals surface area contributed by atoms with Crippen LogP contribution in [-0.4, -0.2) is 28.1 Å². The van der Waals surface area contributed by atoms with Crippen LogP contribution in [0.2, 0.25) is 5.02 Å². The third-order valence-electron chi connectivity index (χ3n) is 2.91. The molecule has 1 aromatic rings. The van der Waals surface area contributed by atoms with Crippen molar-refractivity contribution < 1.29 is 24.6 Å². The number of amides is 1. The number of carboxylic acids is 2. The lowest BCUT2D eigenvalue weighted by molar-refractivity contribution is -0.139. The monoisotopic (exact) mass is 283 g/mol. The largest absolute Gasteiger partial charge is 0.481 e. The SMILES string of the molecule is O=C(O)c1cc(NC(=O)C2CC2C(=O)O)ccc1Cl. The van der Waals surface area contributed by atoms with E-state index in [0.717, 1.165) is 0 Å². The zero-order valence-corrected chi connectivity index (χ0v) is 10.3. The molecule has 6 nitrogen and oxygen atoms in total. The second-order valence-corrected chi connectivity index (χ2v) is 4.68. The van der Waals surface area contributed by atoms with Gasteiger partial charge in [-0.1, -0.05) is 11.6 Å². The van der Waals surface area contributed by atoms with Gasteiger partial charge in [0.05, 0.1) is 22.4 Å². The molecule has 1 aliphatic carbocycles. The summed E-state index contributed by atoms with van der Waals surface area (Å²) in [6, 6.07) is 4.06. The minimum Gasteiger partial charge on any atom is -0.481 e. The zero-order valence-electron chi connectivity index (χ0n) is 9.59. The van der Waals surface area contributed by atoms with Gasteiger partial charge in [0.25, 0.3) is 0 Å². The van der Waals surface area contributed by atoms with Gasteiger partial charge < -0.3 is 15.5 Å². The van der Waals surface area contributed by atoms with Crippen molar-refractivity contribution >= 4 is 35.1 Å². The molecule has 2 rings (SSSR count). The normalized spacial score (nSPS) is 20.7. The average Bonchev–Trinajstić information content (AvgIpc) is 3.11. The summed E-state index contributed by atoms with van der Waals surface area (Å²) >= 11 is 5.70. The van der Waals surface area contributed by atoms with E-state index in [-0.39, 0.29) is 16.3 Å². The molecule has 100 valence electrons. The van der Waals surface area contributed by atoms with Crippen molar-refractivity contribution in [2.45, 2.75) is 6.42 Å².